The first-order valence-electron chi connectivity index (χ1n) is 3.45. The molecule has 0 atom stereocenters. The van der Waals surface area contributed by atoms with Crippen LogP contribution in [-0.4, -0.2) is 16.2 Å². The van der Waals surface area contributed by atoms with Crippen molar-refractivity contribution in [1.82, 2.24) is 5.06 Å². The third-order valence-electron chi connectivity index (χ3n) is 1.40. The summed E-state index contributed by atoms with van der Waals surface area (Å²) in [5.41, 5.74) is 0.430. The Morgan fingerprint density at radius 2 is 2.00 bits per heavy atom. The molecule has 1 aromatic carbocycles. The van der Waals surface area contributed by atoms with E-state index < -0.39 is 5.91 Å². The lowest BCUT2D eigenvalue weighted by Gasteiger charge is -2.07. The highest BCUT2D eigenvalue weighted by Gasteiger charge is 2.08. The first kappa shape index (κ1) is 8.49. The minimum absolute atomic E-state index is 0.430. The lowest BCUT2D eigenvalue weighted by atomic mass is 10.2. The SMILES string of the molecule is C=CN(O)C(=O)c1ccccc1. The Morgan fingerprint density at radius 1 is 1.42 bits per heavy atom. The van der Waals surface area contributed by atoms with Crippen LogP contribution in [0.2, 0.25) is 0 Å². The zero-order valence-electron chi connectivity index (χ0n) is 6.47. The van der Waals surface area contributed by atoms with Crippen molar-refractivity contribution in [2.75, 3.05) is 0 Å². The minimum Gasteiger partial charge on any atom is -0.281 e. The van der Waals surface area contributed by atoms with Gasteiger partial charge in [-0.2, -0.15) is 5.06 Å². The second-order valence-corrected chi connectivity index (χ2v) is 2.20. The fourth-order valence-electron chi connectivity index (χ4n) is 0.796. The van der Waals surface area contributed by atoms with Gasteiger partial charge in [0.15, 0.2) is 0 Å². The summed E-state index contributed by atoms with van der Waals surface area (Å²) in [6.45, 7) is 3.26. The van der Waals surface area contributed by atoms with Crippen LogP contribution in [-0.2, 0) is 0 Å². The van der Waals surface area contributed by atoms with Gasteiger partial charge in [0, 0.05) is 11.8 Å². The summed E-state index contributed by atoms with van der Waals surface area (Å²) in [6, 6.07) is 8.49. The number of nitrogens with zero attached hydrogens (tertiary/aromatic N) is 1. The van der Waals surface area contributed by atoms with Gasteiger partial charge in [-0.05, 0) is 12.1 Å². The van der Waals surface area contributed by atoms with Gasteiger partial charge >= 0.3 is 0 Å². The van der Waals surface area contributed by atoms with Crippen LogP contribution in [0.15, 0.2) is 43.1 Å². The van der Waals surface area contributed by atoms with Crippen LogP contribution in [0.5, 0.6) is 0 Å². The highest BCUT2D eigenvalue weighted by molar-refractivity contribution is 5.93. The van der Waals surface area contributed by atoms with Crippen molar-refractivity contribution in [2.45, 2.75) is 0 Å². The van der Waals surface area contributed by atoms with E-state index in [-0.39, 0.29) is 0 Å². The highest BCUT2D eigenvalue weighted by atomic mass is 16.5. The van der Waals surface area contributed by atoms with Gasteiger partial charge in [-0.1, -0.05) is 24.8 Å². The smallest absolute Gasteiger partial charge is 0.281 e. The second kappa shape index (κ2) is 3.69. The largest absolute Gasteiger partial charge is 0.281 e. The number of amides is 1. The van der Waals surface area contributed by atoms with Crippen molar-refractivity contribution < 1.29 is 10.0 Å². The van der Waals surface area contributed by atoms with Crippen LogP contribution in [0.25, 0.3) is 0 Å². The molecule has 0 heterocycles. The summed E-state index contributed by atoms with van der Waals surface area (Å²) < 4.78 is 0. The molecule has 3 heteroatoms. The predicted octanol–water partition coefficient (Wildman–Crippen LogP) is 1.66. The van der Waals surface area contributed by atoms with Crippen LogP contribution in [0.4, 0.5) is 0 Å². The van der Waals surface area contributed by atoms with E-state index in [0.29, 0.717) is 10.6 Å². The summed E-state index contributed by atoms with van der Waals surface area (Å²) in [4.78, 5) is 11.2. The molecule has 3 nitrogen and oxygen atoms in total. The summed E-state index contributed by atoms with van der Waals surface area (Å²) >= 11 is 0. The number of carbonyl (C=O) groups is 1. The van der Waals surface area contributed by atoms with E-state index in [1.807, 2.05) is 0 Å². The Kier molecular flexibility index (Phi) is 2.61. The second-order valence-electron chi connectivity index (χ2n) is 2.20. The molecule has 0 aliphatic heterocycles. The molecule has 0 fully saturated rings. The first-order chi connectivity index (χ1) is 5.75. The summed E-state index contributed by atoms with van der Waals surface area (Å²) in [5, 5.41) is 9.40. The molecular weight excluding hydrogens is 154 g/mol. The lowest BCUT2D eigenvalue weighted by Crippen LogP contribution is -2.20. The topological polar surface area (TPSA) is 40.5 Å². The van der Waals surface area contributed by atoms with Gasteiger partial charge in [-0.25, -0.2) is 0 Å². The van der Waals surface area contributed by atoms with E-state index in [0.717, 1.165) is 6.20 Å². The van der Waals surface area contributed by atoms with Gasteiger partial charge in [0.1, 0.15) is 0 Å². The van der Waals surface area contributed by atoms with Crippen LogP contribution >= 0.6 is 0 Å². The van der Waals surface area contributed by atoms with E-state index >= 15 is 0 Å². The predicted molar refractivity (Wildman–Crippen MR) is 44.6 cm³/mol. The van der Waals surface area contributed by atoms with Crippen molar-refractivity contribution >= 4 is 5.91 Å². The molecule has 0 unspecified atom stereocenters. The average molecular weight is 163 g/mol. The summed E-state index contributed by atoms with van der Waals surface area (Å²) in [6.07, 6.45) is 1.05. The molecule has 0 radical (unpaired) electrons. The molecule has 62 valence electrons. The Hall–Kier alpha value is -1.61. The van der Waals surface area contributed by atoms with Crippen LogP contribution in [0.1, 0.15) is 10.4 Å². The summed E-state index contributed by atoms with van der Waals surface area (Å²) in [7, 11) is 0. The van der Waals surface area contributed by atoms with Crippen molar-refractivity contribution in [1.29, 1.82) is 0 Å². The molecule has 1 aromatic rings. The number of benzene rings is 1. The zero-order valence-corrected chi connectivity index (χ0v) is 6.47. The molecule has 1 rings (SSSR count). The van der Waals surface area contributed by atoms with Gasteiger partial charge in [0.25, 0.3) is 5.91 Å². The molecule has 1 N–H and O–H groups in total. The van der Waals surface area contributed by atoms with E-state index in [9.17, 15) is 4.79 Å². The summed E-state index contributed by atoms with van der Waals surface area (Å²) in [5.74, 6) is -0.481. The van der Waals surface area contributed by atoms with E-state index in [4.69, 9.17) is 5.21 Å². The Morgan fingerprint density at radius 3 is 2.50 bits per heavy atom. The van der Waals surface area contributed by atoms with Crippen LogP contribution < -0.4 is 0 Å². The Balaban J connectivity index is 2.85. The van der Waals surface area contributed by atoms with E-state index in [1.54, 1.807) is 30.3 Å². The molecule has 0 saturated heterocycles. The van der Waals surface area contributed by atoms with Crippen LogP contribution in [0.3, 0.4) is 0 Å². The zero-order chi connectivity index (χ0) is 8.97. The molecule has 0 aliphatic carbocycles. The Bertz CT molecular complexity index is 282. The van der Waals surface area contributed by atoms with Crippen molar-refractivity contribution in [2.24, 2.45) is 0 Å². The lowest BCUT2D eigenvalue weighted by molar-refractivity contribution is -0.0199. The molecule has 1 amide bonds. The monoisotopic (exact) mass is 163 g/mol. The molecular formula is C9H9NO2. The van der Waals surface area contributed by atoms with E-state index in [2.05, 4.69) is 6.58 Å². The molecule has 0 saturated carbocycles. The molecule has 12 heavy (non-hydrogen) atoms. The molecule has 0 aromatic heterocycles. The Labute approximate surface area is 70.5 Å². The quantitative estimate of drug-likeness (QED) is 0.532. The van der Waals surface area contributed by atoms with E-state index in [1.165, 1.54) is 0 Å². The minimum atomic E-state index is -0.481. The number of hydrogen-bond acceptors (Lipinski definition) is 2. The molecule has 0 bridgehead atoms. The highest BCUT2D eigenvalue weighted by Crippen LogP contribution is 2.01. The normalized spacial score (nSPS) is 9.08. The van der Waals surface area contributed by atoms with Gasteiger partial charge < -0.3 is 0 Å². The third kappa shape index (κ3) is 1.71. The third-order valence-corrected chi connectivity index (χ3v) is 1.40. The maximum Gasteiger partial charge on any atom is 0.281 e. The van der Waals surface area contributed by atoms with Gasteiger partial charge in [-0.15, -0.1) is 0 Å². The number of hydroxylamine groups is 2. The standard InChI is InChI=1S/C9H9NO2/c1-2-10(12)9(11)8-6-4-3-5-7-8/h2-7,12H,1H2. The average Bonchev–Trinajstić information content (AvgIpc) is 2.17. The van der Waals surface area contributed by atoms with Crippen molar-refractivity contribution in [3.05, 3.63) is 48.7 Å². The fourth-order valence-corrected chi connectivity index (χ4v) is 0.796. The van der Waals surface area contributed by atoms with Gasteiger partial charge in [0.2, 0.25) is 0 Å². The number of carbonyl (C=O) groups excluding carboxylic acids is 1. The number of hydrogen-bond donors (Lipinski definition) is 1. The van der Waals surface area contributed by atoms with Gasteiger partial charge in [-0.3, -0.25) is 10.0 Å². The fraction of sp³-hybridized carbons (Fsp3) is 0. The maximum absolute atomic E-state index is 11.2. The molecule has 0 aliphatic rings. The molecule has 0 spiro atoms. The van der Waals surface area contributed by atoms with Crippen LogP contribution in [0, 0.1) is 0 Å². The van der Waals surface area contributed by atoms with Gasteiger partial charge in [0.05, 0.1) is 0 Å². The van der Waals surface area contributed by atoms with Crippen molar-refractivity contribution in [3.63, 3.8) is 0 Å². The number of rotatable bonds is 2. The first-order valence-corrected chi connectivity index (χ1v) is 3.45. The maximum atomic E-state index is 11.2. The van der Waals surface area contributed by atoms with Crippen molar-refractivity contribution in [3.8, 4) is 0 Å².